The predicted octanol–water partition coefficient (Wildman–Crippen LogP) is -0.206. The van der Waals surface area contributed by atoms with Crippen LogP contribution in [0.4, 0.5) is 0 Å². The fourth-order valence-corrected chi connectivity index (χ4v) is 0.498. The third kappa shape index (κ3) is 9.39. The minimum absolute atomic E-state index is 0.194. The number of likely N-dealkylation sites (N-methyl/N-ethyl adjacent to an activating group) is 1. The summed E-state index contributed by atoms with van der Waals surface area (Å²) in [7, 11) is 6.10. The summed E-state index contributed by atoms with van der Waals surface area (Å²) in [6.45, 7) is 1.13. The third-order valence-corrected chi connectivity index (χ3v) is 1.13. The first-order chi connectivity index (χ1) is 4.92. The molecule has 0 aliphatic carbocycles. The van der Waals surface area contributed by atoms with Gasteiger partial charge < -0.3 is 14.3 Å². The van der Waals surface area contributed by atoms with Gasteiger partial charge in [-0.05, 0) is 0 Å². The van der Waals surface area contributed by atoms with Crippen LogP contribution in [-0.4, -0.2) is 56.5 Å². The highest BCUT2D eigenvalue weighted by molar-refractivity contribution is 5.67. The average molecular weight is 162 g/mol. The number of carboxylic acid groups (broad SMARTS) is 1. The molecule has 0 atom stereocenters. The highest BCUT2D eigenvalue weighted by Gasteiger charge is 2.06. The van der Waals surface area contributed by atoms with Crippen molar-refractivity contribution in [2.75, 3.05) is 40.9 Å². The zero-order valence-electron chi connectivity index (χ0n) is 7.33. The van der Waals surface area contributed by atoms with Crippen LogP contribution < -0.4 is 0 Å². The fraction of sp³-hybridized carbons (Fsp3) is 0.857. The molecule has 0 aromatic heterocycles. The molecule has 0 aromatic rings. The quantitative estimate of drug-likeness (QED) is 0.449. The summed E-state index contributed by atoms with van der Waals surface area (Å²) in [6.07, 6.45) is 0. The molecule has 0 amide bonds. The van der Waals surface area contributed by atoms with Gasteiger partial charge in [-0.25, -0.2) is 4.79 Å². The molecule has 0 bridgehead atoms. The van der Waals surface area contributed by atoms with Crippen molar-refractivity contribution in [3.05, 3.63) is 0 Å². The number of aliphatic carboxylic acids is 1. The molecule has 0 fully saturated rings. The molecule has 0 saturated heterocycles. The van der Waals surface area contributed by atoms with E-state index in [9.17, 15) is 4.79 Å². The molecule has 0 spiro atoms. The monoisotopic (exact) mass is 162 g/mol. The lowest BCUT2D eigenvalue weighted by Gasteiger charge is -2.23. The van der Waals surface area contributed by atoms with E-state index < -0.39 is 5.97 Å². The van der Waals surface area contributed by atoms with Gasteiger partial charge in [0.1, 0.15) is 13.2 Å². The van der Waals surface area contributed by atoms with Crippen molar-refractivity contribution >= 4 is 5.97 Å². The highest BCUT2D eigenvalue weighted by atomic mass is 16.5. The second-order valence-electron chi connectivity index (χ2n) is 3.46. The van der Waals surface area contributed by atoms with E-state index >= 15 is 0 Å². The van der Waals surface area contributed by atoms with E-state index in [0.29, 0.717) is 6.61 Å². The molecule has 0 aliphatic rings. The molecule has 0 unspecified atom stereocenters. The van der Waals surface area contributed by atoms with Crippen LogP contribution in [0.15, 0.2) is 0 Å². The fourth-order valence-electron chi connectivity index (χ4n) is 0.498. The van der Waals surface area contributed by atoms with Crippen LogP contribution in [-0.2, 0) is 9.53 Å². The van der Waals surface area contributed by atoms with Crippen LogP contribution in [0.3, 0.4) is 0 Å². The Kier molecular flexibility index (Phi) is 4.07. The molecule has 0 rings (SSSR count). The van der Waals surface area contributed by atoms with E-state index in [0.717, 1.165) is 11.0 Å². The highest BCUT2D eigenvalue weighted by Crippen LogP contribution is 1.88. The third-order valence-electron chi connectivity index (χ3n) is 1.13. The number of nitrogens with zero attached hydrogens (tertiary/aromatic N) is 1. The van der Waals surface area contributed by atoms with Gasteiger partial charge >= 0.3 is 5.97 Å². The van der Waals surface area contributed by atoms with Crippen molar-refractivity contribution in [3.63, 3.8) is 0 Å². The van der Waals surface area contributed by atoms with Crippen molar-refractivity contribution in [1.82, 2.24) is 0 Å². The second-order valence-corrected chi connectivity index (χ2v) is 3.46. The first kappa shape index (κ1) is 10.4. The number of hydrogen-bond acceptors (Lipinski definition) is 2. The molecule has 11 heavy (non-hydrogen) atoms. The minimum atomic E-state index is -0.911. The lowest BCUT2D eigenvalue weighted by Crippen LogP contribution is -2.37. The summed E-state index contributed by atoms with van der Waals surface area (Å²) in [5, 5.41) is 8.21. The summed E-state index contributed by atoms with van der Waals surface area (Å²) in [5.41, 5.74) is 0. The van der Waals surface area contributed by atoms with Crippen molar-refractivity contribution in [2.45, 2.75) is 0 Å². The smallest absolute Gasteiger partial charge is 0.329 e. The lowest BCUT2D eigenvalue weighted by atomic mass is 10.5. The number of rotatable bonds is 5. The zero-order valence-corrected chi connectivity index (χ0v) is 7.33. The molecule has 1 N–H and O–H groups in total. The van der Waals surface area contributed by atoms with Crippen LogP contribution in [0, 0.1) is 0 Å². The average Bonchev–Trinajstić information content (AvgIpc) is 1.78. The lowest BCUT2D eigenvalue weighted by molar-refractivity contribution is -0.870. The zero-order chi connectivity index (χ0) is 8.91. The van der Waals surface area contributed by atoms with E-state index in [1.165, 1.54) is 0 Å². The Morgan fingerprint density at radius 2 is 2.00 bits per heavy atom. The molecule has 66 valence electrons. The molecular weight excluding hydrogens is 146 g/mol. The topological polar surface area (TPSA) is 46.5 Å². The van der Waals surface area contributed by atoms with Gasteiger partial charge in [-0.3, -0.25) is 0 Å². The first-order valence-corrected chi connectivity index (χ1v) is 3.52. The van der Waals surface area contributed by atoms with E-state index in [1.54, 1.807) is 0 Å². The van der Waals surface area contributed by atoms with Crippen LogP contribution in [0.25, 0.3) is 0 Å². The predicted molar refractivity (Wildman–Crippen MR) is 41.4 cm³/mol. The number of ether oxygens (including phenoxy) is 1. The van der Waals surface area contributed by atoms with Gasteiger partial charge in [-0.15, -0.1) is 0 Å². The van der Waals surface area contributed by atoms with Crippen LogP contribution in [0.5, 0.6) is 0 Å². The number of hydrogen-bond donors (Lipinski definition) is 1. The molecular formula is C7H16NO3+. The largest absolute Gasteiger partial charge is 0.480 e. The molecule has 4 heteroatoms. The summed E-state index contributed by atoms with van der Waals surface area (Å²) in [5.74, 6) is -0.911. The molecule has 0 aromatic carbocycles. The maximum atomic E-state index is 9.99. The summed E-state index contributed by atoms with van der Waals surface area (Å²) >= 11 is 0. The maximum Gasteiger partial charge on any atom is 0.329 e. The van der Waals surface area contributed by atoms with Gasteiger partial charge in [0.25, 0.3) is 0 Å². The minimum Gasteiger partial charge on any atom is -0.480 e. The number of carbonyl (C=O) groups is 1. The van der Waals surface area contributed by atoms with Crippen LogP contribution in [0.2, 0.25) is 0 Å². The SMILES string of the molecule is C[N+](C)(C)CCOCC(=O)O. The summed E-state index contributed by atoms with van der Waals surface area (Å²) < 4.78 is 5.65. The van der Waals surface area contributed by atoms with Crippen molar-refractivity contribution in [1.29, 1.82) is 0 Å². The Balaban J connectivity index is 3.22. The van der Waals surface area contributed by atoms with Crippen molar-refractivity contribution in [3.8, 4) is 0 Å². The summed E-state index contributed by atoms with van der Waals surface area (Å²) in [6, 6.07) is 0. The van der Waals surface area contributed by atoms with E-state index in [1.807, 2.05) is 21.1 Å². The standard InChI is InChI=1S/C7H15NO3/c1-8(2,3)4-5-11-6-7(9)10/h4-6H2,1-3H3/p+1. The van der Waals surface area contributed by atoms with Gasteiger partial charge in [0.2, 0.25) is 0 Å². The Morgan fingerprint density at radius 3 is 2.36 bits per heavy atom. The number of carboxylic acids is 1. The van der Waals surface area contributed by atoms with Crippen LogP contribution in [0.1, 0.15) is 0 Å². The van der Waals surface area contributed by atoms with Crippen molar-refractivity contribution < 1.29 is 19.1 Å². The molecule has 0 saturated carbocycles. The van der Waals surface area contributed by atoms with Gasteiger partial charge in [0.05, 0.1) is 27.7 Å². The Hall–Kier alpha value is -0.610. The Morgan fingerprint density at radius 1 is 1.45 bits per heavy atom. The van der Waals surface area contributed by atoms with Gasteiger partial charge in [-0.1, -0.05) is 0 Å². The Bertz CT molecular complexity index is 128. The second kappa shape index (κ2) is 4.31. The maximum absolute atomic E-state index is 9.99. The normalized spacial score (nSPS) is 11.5. The van der Waals surface area contributed by atoms with Gasteiger partial charge in [0.15, 0.2) is 0 Å². The number of quaternary nitrogens is 1. The van der Waals surface area contributed by atoms with Crippen LogP contribution >= 0.6 is 0 Å². The van der Waals surface area contributed by atoms with Crippen molar-refractivity contribution in [2.24, 2.45) is 0 Å². The summed E-state index contributed by atoms with van der Waals surface area (Å²) in [4.78, 5) is 9.99. The van der Waals surface area contributed by atoms with E-state index in [2.05, 4.69) is 0 Å². The van der Waals surface area contributed by atoms with Gasteiger partial charge in [0, 0.05) is 0 Å². The molecule has 0 radical (unpaired) electrons. The van der Waals surface area contributed by atoms with Gasteiger partial charge in [-0.2, -0.15) is 0 Å². The van der Waals surface area contributed by atoms with E-state index in [4.69, 9.17) is 9.84 Å². The molecule has 0 heterocycles. The molecule has 0 aliphatic heterocycles. The molecule has 4 nitrogen and oxygen atoms in total. The van der Waals surface area contributed by atoms with E-state index in [-0.39, 0.29) is 6.61 Å². The Labute approximate surface area is 67.0 Å². The first-order valence-electron chi connectivity index (χ1n) is 3.52.